The molecule has 0 bridgehead atoms. The van der Waals surface area contributed by atoms with Crippen LogP contribution in [0.25, 0.3) is 5.78 Å². The second kappa shape index (κ2) is 6.71. The Balaban J connectivity index is 1.47. The van der Waals surface area contributed by atoms with Crippen LogP contribution in [0.5, 0.6) is 0 Å². The van der Waals surface area contributed by atoms with E-state index >= 15 is 0 Å². The highest BCUT2D eigenvalue weighted by Gasteiger charge is 2.38. The molecule has 0 saturated carbocycles. The summed E-state index contributed by atoms with van der Waals surface area (Å²) >= 11 is 0. The van der Waals surface area contributed by atoms with Crippen molar-refractivity contribution in [1.29, 1.82) is 0 Å². The number of likely N-dealkylation sites (tertiary alicyclic amines) is 2. The number of rotatable bonds is 2. The van der Waals surface area contributed by atoms with Crippen molar-refractivity contribution in [3.05, 3.63) is 23.8 Å². The molecular weight excluding hydrogens is 377 g/mol. The number of hydrogen-bond acceptors (Lipinski definition) is 5. The van der Waals surface area contributed by atoms with Gasteiger partial charge < -0.3 is 9.80 Å². The predicted molar refractivity (Wildman–Crippen MR) is 90.1 cm³/mol. The van der Waals surface area contributed by atoms with Gasteiger partial charge in [-0.15, -0.1) is 5.10 Å². The topological polar surface area (TPSA) is 83.7 Å². The number of carbonyl (C=O) groups is 2. The van der Waals surface area contributed by atoms with E-state index in [0.29, 0.717) is 38.2 Å². The summed E-state index contributed by atoms with van der Waals surface area (Å²) in [5.74, 6) is -1.72. The molecule has 11 heteroatoms. The first-order valence-electron chi connectivity index (χ1n) is 9.05. The van der Waals surface area contributed by atoms with Crippen LogP contribution in [-0.2, 0) is 15.8 Å². The van der Waals surface area contributed by atoms with Gasteiger partial charge in [-0.2, -0.15) is 18.2 Å². The first-order chi connectivity index (χ1) is 13.2. The third-order valence-electron chi connectivity index (χ3n) is 5.44. The lowest BCUT2D eigenvalue weighted by atomic mass is 9.92. The molecule has 8 nitrogen and oxygen atoms in total. The molecule has 0 radical (unpaired) electrons. The highest BCUT2D eigenvalue weighted by Crippen LogP contribution is 2.31. The average molecular weight is 396 g/mol. The van der Waals surface area contributed by atoms with E-state index in [-0.39, 0.29) is 35.8 Å². The second-order valence-electron chi connectivity index (χ2n) is 7.29. The van der Waals surface area contributed by atoms with Crippen molar-refractivity contribution in [2.45, 2.75) is 31.4 Å². The van der Waals surface area contributed by atoms with E-state index < -0.39 is 12.0 Å². The van der Waals surface area contributed by atoms with Crippen molar-refractivity contribution in [1.82, 2.24) is 29.4 Å². The minimum absolute atomic E-state index is 0.0286. The summed E-state index contributed by atoms with van der Waals surface area (Å²) in [6, 6.07) is 1.65. The fourth-order valence-corrected chi connectivity index (χ4v) is 3.92. The van der Waals surface area contributed by atoms with Crippen LogP contribution in [0.4, 0.5) is 13.2 Å². The Hall–Kier alpha value is -2.72. The minimum Gasteiger partial charge on any atom is -0.345 e. The Morgan fingerprint density at radius 1 is 1.25 bits per heavy atom. The summed E-state index contributed by atoms with van der Waals surface area (Å²) in [4.78, 5) is 34.9. The molecule has 2 aromatic heterocycles. The van der Waals surface area contributed by atoms with Gasteiger partial charge in [-0.25, -0.2) is 9.50 Å². The van der Waals surface area contributed by atoms with Crippen LogP contribution < -0.4 is 0 Å². The zero-order chi connectivity index (χ0) is 20.1. The Morgan fingerprint density at radius 2 is 1.96 bits per heavy atom. The largest absolute Gasteiger partial charge is 0.453 e. The van der Waals surface area contributed by atoms with Gasteiger partial charge in [0, 0.05) is 45.2 Å². The molecule has 1 unspecified atom stereocenters. The molecule has 0 spiro atoms. The van der Waals surface area contributed by atoms with Gasteiger partial charge in [-0.05, 0) is 18.9 Å². The standard InChI is InChI=1S/C17H19F3N6O2/c1-24-9-11(8-13(24)27)14(28)25-6-3-10(4-7-25)12-2-5-21-16-22-15(17(18,19)20)23-26(12)16/h2,5,10-11H,3-4,6-9H2,1H3. The van der Waals surface area contributed by atoms with Gasteiger partial charge in [-0.1, -0.05) is 0 Å². The summed E-state index contributed by atoms with van der Waals surface area (Å²) in [5.41, 5.74) is 0.607. The third kappa shape index (κ3) is 3.29. The van der Waals surface area contributed by atoms with Crippen molar-refractivity contribution < 1.29 is 22.8 Å². The molecule has 2 saturated heterocycles. The lowest BCUT2D eigenvalue weighted by molar-refractivity contribution is -0.144. The molecule has 28 heavy (non-hydrogen) atoms. The SMILES string of the molecule is CN1CC(C(=O)N2CCC(c3ccnc4nc(C(F)(F)F)nn34)CC2)CC1=O. The molecule has 2 aromatic rings. The molecule has 4 heterocycles. The summed E-state index contributed by atoms with van der Waals surface area (Å²) in [7, 11) is 1.68. The summed E-state index contributed by atoms with van der Waals surface area (Å²) in [5, 5.41) is 3.59. The number of nitrogens with zero attached hydrogens (tertiary/aromatic N) is 6. The number of carbonyl (C=O) groups excluding carboxylic acids is 2. The van der Waals surface area contributed by atoms with Crippen molar-refractivity contribution >= 4 is 17.6 Å². The number of alkyl halides is 3. The molecule has 2 aliphatic heterocycles. The van der Waals surface area contributed by atoms with E-state index in [1.54, 1.807) is 22.9 Å². The van der Waals surface area contributed by atoms with Crippen LogP contribution >= 0.6 is 0 Å². The minimum atomic E-state index is -4.63. The number of halogens is 3. The van der Waals surface area contributed by atoms with Crippen LogP contribution in [0.3, 0.4) is 0 Å². The molecule has 150 valence electrons. The zero-order valence-electron chi connectivity index (χ0n) is 15.2. The number of hydrogen-bond donors (Lipinski definition) is 0. The smallest absolute Gasteiger partial charge is 0.345 e. The van der Waals surface area contributed by atoms with Gasteiger partial charge in [0.1, 0.15) is 0 Å². The van der Waals surface area contributed by atoms with Gasteiger partial charge in [-0.3, -0.25) is 9.59 Å². The van der Waals surface area contributed by atoms with Crippen molar-refractivity contribution in [3.63, 3.8) is 0 Å². The van der Waals surface area contributed by atoms with E-state index in [2.05, 4.69) is 15.1 Å². The monoisotopic (exact) mass is 396 g/mol. The first-order valence-corrected chi connectivity index (χ1v) is 9.05. The van der Waals surface area contributed by atoms with Gasteiger partial charge in [0.25, 0.3) is 11.6 Å². The van der Waals surface area contributed by atoms with Crippen LogP contribution in [0, 0.1) is 5.92 Å². The van der Waals surface area contributed by atoms with Crippen LogP contribution in [0.1, 0.15) is 36.7 Å². The Bertz CT molecular complexity index is 919. The first kappa shape index (κ1) is 18.6. The van der Waals surface area contributed by atoms with Crippen molar-refractivity contribution in [2.75, 3.05) is 26.7 Å². The number of amides is 2. The van der Waals surface area contributed by atoms with E-state index in [0.717, 1.165) is 4.52 Å². The number of fused-ring (bicyclic) bond motifs is 1. The molecule has 0 aliphatic carbocycles. The van der Waals surface area contributed by atoms with Gasteiger partial charge in [0.2, 0.25) is 11.8 Å². The summed E-state index contributed by atoms with van der Waals surface area (Å²) in [6.07, 6.45) is -1.77. The number of piperidine rings is 1. The quantitative estimate of drug-likeness (QED) is 0.765. The summed E-state index contributed by atoms with van der Waals surface area (Å²) < 4.78 is 39.9. The molecule has 0 N–H and O–H groups in total. The lowest BCUT2D eigenvalue weighted by Gasteiger charge is -2.33. The Labute approximate surface area is 158 Å². The maximum atomic E-state index is 12.9. The molecule has 1 atom stereocenters. The fourth-order valence-electron chi connectivity index (χ4n) is 3.92. The van der Waals surface area contributed by atoms with Gasteiger partial charge >= 0.3 is 6.18 Å². The molecule has 4 rings (SSSR count). The van der Waals surface area contributed by atoms with Gasteiger partial charge in [0.05, 0.1) is 11.6 Å². The predicted octanol–water partition coefficient (Wildman–Crippen LogP) is 1.33. The van der Waals surface area contributed by atoms with Crippen molar-refractivity contribution in [2.24, 2.45) is 5.92 Å². The maximum absolute atomic E-state index is 12.9. The van der Waals surface area contributed by atoms with Crippen LogP contribution in [0.15, 0.2) is 12.3 Å². The molecular formula is C17H19F3N6O2. The lowest BCUT2D eigenvalue weighted by Crippen LogP contribution is -2.42. The highest BCUT2D eigenvalue weighted by molar-refractivity contribution is 5.89. The Kier molecular flexibility index (Phi) is 4.47. The average Bonchev–Trinajstić information content (AvgIpc) is 3.25. The summed E-state index contributed by atoms with van der Waals surface area (Å²) in [6.45, 7) is 1.41. The number of aromatic nitrogens is 4. The van der Waals surface area contributed by atoms with Crippen LogP contribution in [-0.4, -0.2) is 67.9 Å². The van der Waals surface area contributed by atoms with E-state index in [4.69, 9.17) is 0 Å². The molecule has 2 amide bonds. The molecule has 0 aromatic carbocycles. The highest BCUT2D eigenvalue weighted by atomic mass is 19.4. The van der Waals surface area contributed by atoms with E-state index in [9.17, 15) is 22.8 Å². The fraction of sp³-hybridized carbons (Fsp3) is 0.588. The van der Waals surface area contributed by atoms with Crippen LogP contribution in [0.2, 0.25) is 0 Å². The van der Waals surface area contributed by atoms with Gasteiger partial charge in [0.15, 0.2) is 0 Å². The Morgan fingerprint density at radius 3 is 2.57 bits per heavy atom. The molecule has 2 aliphatic rings. The van der Waals surface area contributed by atoms with E-state index in [1.807, 2.05) is 0 Å². The van der Waals surface area contributed by atoms with E-state index in [1.165, 1.54) is 6.20 Å². The molecule has 2 fully saturated rings. The normalized spacial score (nSPS) is 21.7. The van der Waals surface area contributed by atoms with Crippen molar-refractivity contribution in [3.8, 4) is 0 Å². The second-order valence-corrected chi connectivity index (χ2v) is 7.29. The zero-order valence-corrected chi connectivity index (χ0v) is 15.2. The third-order valence-corrected chi connectivity index (χ3v) is 5.44. The maximum Gasteiger partial charge on any atom is 0.453 e.